The second kappa shape index (κ2) is 6.40. The van der Waals surface area contributed by atoms with Crippen LogP contribution >= 0.6 is 0 Å². The molecule has 0 aliphatic carbocycles. The summed E-state index contributed by atoms with van der Waals surface area (Å²) < 4.78 is 9.85. The highest BCUT2D eigenvalue weighted by Crippen LogP contribution is 2.17. The maximum atomic E-state index is 9.87. The van der Waals surface area contributed by atoms with Crippen LogP contribution in [0.4, 0.5) is 0 Å². The molecule has 0 aliphatic heterocycles. The number of hydrogen-bond acceptors (Lipinski definition) is 3. The van der Waals surface area contributed by atoms with Crippen LogP contribution in [0.2, 0.25) is 0 Å². The van der Waals surface area contributed by atoms with Crippen molar-refractivity contribution in [3.63, 3.8) is 0 Å². The lowest BCUT2D eigenvalue weighted by Crippen LogP contribution is -2.33. The van der Waals surface area contributed by atoms with Gasteiger partial charge in [-0.15, -0.1) is 0 Å². The Morgan fingerprint density at radius 1 is 1.25 bits per heavy atom. The minimum atomic E-state index is -0.659. The van der Waals surface area contributed by atoms with Gasteiger partial charge in [0.15, 0.2) is 0 Å². The number of ether oxygens (including phenoxy) is 2. The Morgan fingerprint density at radius 2 is 1.92 bits per heavy atom. The molecule has 1 unspecified atom stereocenters. The number of aliphatic hydroxyl groups is 1. The molecule has 0 spiro atoms. The van der Waals surface area contributed by atoms with Crippen molar-refractivity contribution in [2.75, 3.05) is 27.4 Å². The molecule has 0 rings (SSSR count). The molecule has 3 nitrogen and oxygen atoms in total. The number of hydrogen-bond donors (Lipinski definition) is 1. The number of methoxy groups -OCH3 is 2. The van der Waals surface area contributed by atoms with Gasteiger partial charge in [0.25, 0.3) is 0 Å². The van der Waals surface area contributed by atoms with E-state index in [9.17, 15) is 5.11 Å². The summed E-state index contributed by atoms with van der Waals surface area (Å²) >= 11 is 0. The Morgan fingerprint density at radius 3 is 2.33 bits per heavy atom. The van der Waals surface area contributed by atoms with Gasteiger partial charge in [-0.25, -0.2) is 0 Å². The Balaban J connectivity index is 3.63. The minimum Gasteiger partial charge on any atom is -0.387 e. The smallest absolute Gasteiger partial charge is 0.0878 e. The third-order valence-electron chi connectivity index (χ3n) is 2.06. The molecule has 0 aromatic carbocycles. The van der Waals surface area contributed by atoms with Crippen molar-refractivity contribution in [1.82, 2.24) is 0 Å². The van der Waals surface area contributed by atoms with Crippen molar-refractivity contribution in [1.29, 1.82) is 0 Å². The van der Waals surface area contributed by atoms with Gasteiger partial charge < -0.3 is 14.6 Å². The lowest BCUT2D eigenvalue weighted by Gasteiger charge is -2.25. The monoisotopic (exact) mass is 176 g/mol. The zero-order chi connectivity index (χ0) is 9.45. The van der Waals surface area contributed by atoms with Gasteiger partial charge >= 0.3 is 0 Å². The largest absolute Gasteiger partial charge is 0.387 e. The summed E-state index contributed by atoms with van der Waals surface area (Å²) in [5.74, 6) is 0. The maximum absolute atomic E-state index is 9.87. The molecule has 3 heteroatoms. The second-order valence-electron chi connectivity index (χ2n) is 3.11. The highest BCUT2D eigenvalue weighted by Gasteiger charge is 2.23. The first-order valence-corrected chi connectivity index (χ1v) is 4.39. The van der Waals surface area contributed by atoms with E-state index in [4.69, 9.17) is 9.47 Å². The van der Waals surface area contributed by atoms with Crippen LogP contribution in [0, 0.1) is 0 Å². The second-order valence-corrected chi connectivity index (χ2v) is 3.11. The van der Waals surface area contributed by atoms with E-state index in [2.05, 4.69) is 0 Å². The molecule has 0 fully saturated rings. The molecule has 74 valence electrons. The lowest BCUT2D eigenvalue weighted by molar-refractivity contribution is -0.0439. The first kappa shape index (κ1) is 11.9. The van der Waals surface area contributed by atoms with E-state index < -0.39 is 5.60 Å². The molecule has 0 heterocycles. The Hall–Kier alpha value is -0.120. The van der Waals surface area contributed by atoms with Crippen molar-refractivity contribution < 1.29 is 14.6 Å². The van der Waals surface area contributed by atoms with Gasteiger partial charge in [-0.2, -0.15) is 0 Å². The molecule has 12 heavy (non-hydrogen) atoms. The summed E-state index contributed by atoms with van der Waals surface area (Å²) in [4.78, 5) is 0. The predicted octanol–water partition coefficient (Wildman–Crippen LogP) is 1.20. The summed E-state index contributed by atoms with van der Waals surface area (Å²) in [5, 5.41) is 9.87. The minimum absolute atomic E-state index is 0.410. The molecule has 0 saturated heterocycles. The molecule has 1 N–H and O–H groups in total. The van der Waals surface area contributed by atoms with Gasteiger partial charge in [0.05, 0.1) is 12.2 Å². The van der Waals surface area contributed by atoms with Crippen LogP contribution in [-0.2, 0) is 9.47 Å². The predicted molar refractivity (Wildman–Crippen MR) is 48.2 cm³/mol. The Kier molecular flexibility index (Phi) is 6.34. The third kappa shape index (κ3) is 4.70. The van der Waals surface area contributed by atoms with Crippen LogP contribution < -0.4 is 0 Å². The van der Waals surface area contributed by atoms with Crippen molar-refractivity contribution >= 4 is 0 Å². The average Bonchev–Trinajstić information content (AvgIpc) is 2.06. The normalized spacial score (nSPS) is 16.0. The topological polar surface area (TPSA) is 38.7 Å². The zero-order valence-corrected chi connectivity index (χ0v) is 8.30. The van der Waals surface area contributed by atoms with Crippen LogP contribution in [0.15, 0.2) is 0 Å². The fraction of sp³-hybridized carbons (Fsp3) is 1.00. The van der Waals surface area contributed by atoms with Gasteiger partial charge in [0.1, 0.15) is 0 Å². The molecule has 1 atom stereocenters. The van der Waals surface area contributed by atoms with Crippen LogP contribution in [0.5, 0.6) is 0 Å². The molecule has 0 saturated carbocycles. The Bertz CT molecular complexity index is 106. The summed E-state index contributed by atoms with van der Waals surface area (Å²) in [5.41, 5.74) is -0.659. The van der Waals surface area contributed by atoms with Gasteiger partial charge in [0, 0.05) is 20.8 Å². The van der Waals surface area contributed by atoms with Crippen LogP contribution in [-0.4, -0.2) is 38.1 Å². The third-order valence-corrected chi connectivity index (χ3v) is 2.06. The zero-order valence-electron chi connectivity index (χ0n) is 8.30. The SMILES string of the molecule is CCC(O)(CCCOC)COC. The molecule has 0 aromatic heterocycles. The summed E-state index contributed by atoms with van der Waals surface area (Å²) in [6, 6.07) is 0. The van der Waals surface area contributed by atoms with Crippen molar-refractivity contribution in [2.24, 2.45) is 0 Å². The highest BCUT2D eigenvalue weighted by molar-refractivity contribution is 4.75. The molecule has 0 aromatic rings. The summed E-state index contributed by atoms with van der Waals surface area (Å²) in [6.45, 7) is 3.07. The lowest BCUT2D eigenvalue weighted by atomic mass is 9.96. The fourth-order valence-corrected chi connectivity index (χ4v) is 1.17. The maximum Gasteiger partial charge on any atom is 0.0878 e. The summed E-state index contributed by atoms with van der Waals surface area (Å²) in [7, 11) is 3.28. The van der Waals surface area contributed by atoms with Crippen molar-refractivity contribution in [3.05, 3.63) is 0 Å². The van der Waals surface area contributed by atoms with E-state index in [1.807, 2.05) is 6.92 Å². The molecular formula is C9H20O3. The molecular weight excluding hydrogens is 156 g/mol. The van der Waals surface area contributed by atoms with Crippen LogP contribution in [0.25, 0.3) is 0 Å². The van der Waals surface area contributed by atoms with Crippen LogP contribution in [0.3, 0.4) is 0 Å². The van der Waals surface area contributed by atoms with E-state index in [1.54, 1.807) is 14.2 Å². The van der Waals surface area contributed by atoms with E-state index >= 15 is 0 Å². The van der Waals surface area contributed by atoms with Gasteiger partial charge in [-0.05, 0) is 19.3 Å². The van der Waals surface area contributed by atoms with Crippen LogP contribution in [0.1, 0.15) is 26.2 Å². The summed E-state index contributed by atoms with van der Waals surface area (Å²) in [6.07, 6.45) is 2.35. The standard InChI is InChI=1S/C9H20O3/c1-4-9(10,8-12-3)6-5-7-11-2/h10H,4-8H2,1-3H3. The van der Waals surface area contributed by atoms with Gasteiger partial charge in [-0.1, -0.05) is 6.92 Å². The average molecular weight is 176 g/mol. The van der Waals surface area contributed by atoms with E-state index in [0.717, 1.165) is 19.3 Å². The van der Waals surface area contributed by atoms with Gasteiger partial charge in [-0.3, -0.25) is 0 Å². The Labute approximate surface area is 74.7 Å². The number of rotatable bonds is 7. The van der Waals surface area contributed by atoms with Crippen molar-refractivity contribution in [2.45, 2.75) is 31.8 Å². The molecule has 0 bridgehead atoms. The fourth-order valence-electron chi connectivity index (χ4n) is 1.17. The van der Waals surface area contributed by atoms with E-state index in [1.165, 1.54) is 0 Å². The molecule has 0 amide bonds. The van der Waals surface area contributed by atoms with Crippen molar-refractivity contribution in [3.8, 4) is 0 Å². The highest BCUT2D eigenvalue weighted by atomic mass is 16.5. The first-order valence-electron chi connectivity index (χ1n) is 4.39. The quantitative estimate of drug-likeness (QED) is 0.592. The first-order chi connectivity index (χ1) is 5.68. The molecule has 0 aliphatic rings. The molecule has 0 radical (unpaired) electrons. The van der Waals surface area contributed by atoms with Gasteiger partial charge in [0.2, 0.25) is 0 Å². The van der Waals surface area contributed by atoms with E-state index in [0.29, 0.717) is 13.2 Å². The van der Waals surface area contributed by atoms with E-state index in [-0.39, 0.29) is 0 Å².